The lowest BCUT2D eigenvalue weighted by molar-refractivity contribution is -0.131. The van der Waals surface area contributed by atoms with Gasteiger partial charge in [-0.25, -0.2) is 0 Å². The second kappa shape index (κ2) is 9.94. The number of hydrogen-bond acceptors (Lipinski definition) is 5. The van der Waals surface area contributed by atoms with Gasteiger partial charge >= 0.3 is 0 Å². The van der Waals surface area contributed by atoms with Crippen LogP contribution in [-0.2, 0) is 9.59 Å². The fraction of sp³-hybridized carbons (Fsp3) is 0.400. The summed E-state index contributed by atoms with van der Waals surface area (Å²) in [5.41, 5.74) is 2.14. The highest BCUT2D eigenvalue weighted by atomic mass is 16.5. The van der Waals surface area contributed by atoms with Gasteiger partial charge in [0.15, 0.2) is 0 Å². The molecule has 174 valence electrons. The molecule has 0 radical (unpaired) electrons. The standard InChI is InChI=1S/C25H29N3O5/c1-32-19-11-12-22(33-2)20(15-19)21-5-3-14-28(21)24(30)16-26-25(31)17-7-9-18(10-8-17)27-13-4-6-23(27)29/h7-12,15,21H,3-6,13-14,16H2,1-2H3,(H,26,31)/t21-/m0/s1. The van der Waals surface area contributed by atoms with Crippen molar-refractivity contribution in [1.82, 2.24) is 10.2 Å². The molecule has 4 rings (SSSR count). The van der Waals surface area contributed by atoms with Crippen LogP contribution in [0.3, 0.4) is 0 Å². The van der Waals surface area contributed by atoms with E-state index in [0.717, 1.165) is 30.5 Å². The fourth-order valence-corrected chi connectivity index (χ4v) is 4.56. The van der Waals surface area contributed by atoms with Crippen LogP contribution in [0.4, 0.5) is 5.69 Å². The zero-order valence-electron chi connectivity index (χ0n) is 19.0. The predicted octanol–water partition coefficient (Wildman–Crippen LogP) is 2.92. The number of carbonyl (C=O) groups excluding carboxylic acids is 3. The summed E-state index contributed by atoms with van der Waals surface area (Å²) in [6.07, 6.45) is 3.10. The third kappa shape index (κ3) is 4.79. The average Bonchev–Trinajstić information content (AvgIpc) is 3.51. The molecule has 8 heteroatoms. The lowest BCUT2D eigenvalue weighted by atomic mass is 10.0. The summed E-state index contributed by atoms with van der Waals surface area (Å²) in [6.45, 7) is 1.24. The van der Waals surface area contributed by atoms with E-state index in [1.807, 2.05) is 18.2 Å². The van der Waals surface area contributed by atoms with Crippen molar-refractivity contribution in [2.75, 3.05) is 38.8 Å². The van der Waals surface area contributed by atoms with Crippen LogP contribution in [0.5, 0.6) is 11.5 Å². The first-order chi connectivity index (χ1) is 16.0. The Morgan fingerprint density at radius 2 is 1.82 bits per heavy atom. The quantitative estimate of drug-likeness (QED) is 0.699. The molecule has 0 aliphatic carbocycles. The van der Waals surface area contributed by atoms with Crippen molar-refractivity contribution in [3.05, 3.63) is 53.6 Å². The van der Waals surface area contributed by atoms with Gasteiger partial charge in [-0.15, -0.1) is 0 Å². The van der Waals surface area contributed by atoms with Crippen molar-refractivity contribution >= 4 is 23.4 Å². The molecule has 2 aromatic rings. The van der Waals surface area contributed by atoms with Gasteiger partial charge in [0.1, 0.15) is 11.5 Å². The van der Waals surface area contributed by atoms with Crippen LogP contribution in [0.1, 0.15) is 47.6 Å². The Balaban J connectivity index is 1.39. The van der Waals surface area contributed by atoms with E-state index in [9.17, 15) is 14.4 Å². The molecule has 2 heterocycles. The van der Waals surface area contributed by atoms with Gasteiger partial charge in [-0.1, -0.05) is 0 Å². The SMILES string of the molecule is COc1ccc(OC)c([C@@H]2CCCN2C(=O)CNC(=O)c2ccc(N3CCCC3=O)cc2)c1. The van der Waals surface area contributed by atoms with Crippen molar-refractivity contribution in [1.29, 1.82) is 0 Å². The van der Waals surface area contributed by atoms with E-state index in [4.69, 9.17) is 9.47 Å². The molecule has 8 nitrogen and oxygen atoms in total. The molecule has 2 aliphatic rings. The van der Waals surface area contributed by atoms with Crippen LogP contribution in [0, 0.1) is 0 Å². The molecule has 2 fully saturated rings. The summed E-state index contributed by atoms with van der Waals surface area (Å²) in [5, 5.41) is 2.73. The average molecular weight is 452 g/mol. The minimum absolute atomic E-state index is 0.0893. The number of anilines is 1. The number of nitrogens with zero attached hydrogens (tertiary/aromatic N) is 2. The van der Waals surface area contributed by atoms with Crippen LogP contribution >= 0.6 is 0 Å². The van der Waals surface area contributed by atoms with Gasteiger partial charge in [0.25, 0.3) is 5.91 Å². The highest BCUT2D eigenvalue weighted by Crippen LogP contribution is 2.38. The van der Waals surface area contributed by atoms with E-state index in [2.05, 4.69) is 5.32 Å². The normalized spacial score (nSPS) is 17.9. The lowest BCUT2D eigenvalue weighted by Crippen LogP contribution is -2.40. The van der Waals surface area contributed by atoms with Crippen LogP contribution < -0.4 is 19.7 Å². The van der Waals surface area contributed by atoms with Crippen molar-refractivity contribution in [3.63, 3.8) is 0 Å². The summed E-state index contributed by atoms with van der Waals surface area (Å²) < 4.78 is 10.9. The first-order valence-corrected chi connectivity index (χ1v) is 11.2. The fourth-order valence-electron chi connectivity index (χ4n) is 4.56. The Bertz CT molecular complexity index is 1040. The molecule has 2 saturated heterocycles. The molecule has 0 spiro atoms. The zero-order valence-corrected chi connectivity index (χ0v) is 19.0. The molecule has 33 heavy (non-hydrogen) atoms. The smallest absolute Gasteiger partial charge is 0.251 e. The first kappa shape index (κ1) is 22.6. The predicted molar refractivity (Wildman–Crippen MR) is 124 cm³/mol. The number of nitrogens with one attached hydrogen (secondary N) is 1. The van der Waals surface area contributed by atoms with Crippen molar-refractivity contribution in [2.24, 2.45) is 0 Å². The Kier molecular flexibility index (Phi) is 6.82. The van der Waals surface area contributed by atoms with E-state index in [0.29, 0.717) is 36.6 Å². The number of amides is 3. The van der Waals surface area contributed by atoms with Gasteiger partial charge in [0.2, 0.25) is 11.8 Å². The van der Waals surface area contributed by atoms with Crippen molar-refractivity contribution in [2.45, 2.75) is 31.7 Å². The number of carbonyl (C=O) groups is 3. The van der Waals surface area contributed by atoms with Gasteiger partial charge in [0.05, 0.1) is 26.8 Å². The first-order valence-electron chi connectivity index (χ1n) is 11.2. The highest BCUT2D eigenvalue weighted by molar-refractivity contribution is 5.98. The Labute approximate surface area is 193 Å². The number of methoxy groups -OCH3 is 2. The number of ether oxygens (including phenoxy) is 2. The lowest BCUT2D eigenvalue weighted by Gasteiger charge is -2.27. The molecule has 1 atom stereocenters. The van der Waals surface area contributed by atoms with Crippen LogP contribution in [-0.4, -0.2) is 56.5 Å². The summed E-state index contributed by atoms with van der Waals surface area (Å²) in [7, 11) is 3.21. The molecule has 0 unspecified atom stereocenters. The van der Waals surface area contributed by atoms with E-state index >= 15 is 0 Å². The van der Waals surface area contributed by atoms with Crippen molar-refractivity contribution in [3.8, 4) is 11.5 Å². The third-order valence-corrected chi connectivity index (χ3v) is 6.28. The topological polar surface area (TPSA) is 88.2 Å². The number of benzene rings is 2. The van der Waals surface area contributed by atoms with E-state index < -0.39 is 0 Å². The van der Waals surface area contributed by atoms with Gasteiger partial charge in [-0.2, -0.15) is 0 Å². The molecule has 3 amide bonds. The maximum Gasteiger partial charge on any atom is 0.251 e. The minimum Gasteiger partial charge on any atom is -0.497 e. The molecular formula is C25H29N3O5. The molecule has 2 aliphatic heterocycles. The van der Waals surface area contributed by atoms with Gasteiger partial charge in [-0.3, -0.25) is 14.4 Å². The molecule has 0 bridgehead atoms. The van der Waals surface area contributed by atoms with Gasteiger partial charge in [0, 0.05) is 36.3 Å². The summed E-state index contributed by atoms with van der Waals surface area (Å²) in [5.74, 6) is 1.05. The summed E-state index contributed by atoms with van der Waals surface area (Å²) in [4.78, 5) is 41.0. The van der Waals surface area contributed by atoms with Crippen LogP contribution in [0.15, 0.2) is 42.5 Å². The maximum atomic E-state index is 13.0. The number of likely N-dealkylation sites (tertiary alicyclic amines) is 1. The third-order valence-electron chi connectivity index (χ3n) is 6.28. The van der Waals surface area contributed by atoms with E-state index in [1.165, 1.54) is 0 Å². The Morgan fingerprint density at radius 1 is 1.03 bits per heavy atom. The number of rotatable bonds is 7. The van der Waals surface area contributed by atoms with Crippen LogP contribution in [0.25, 0.3) is 0 Å². The van der Waals surface area contributed by atoms with Gasteiger partial charge in [-0.05, 0) is 61.7 Å². The van der Waals surface area contributed by atoms with E-state index in [-0.39, 0.29) is 30.3 Å². The Hall–Kier alpha value is -3.55. The highest BCUT2D eigenvalue weighted by Gasteiger charge is 2.32. The number of hydrogen-bond donors (Lipinski definition) is 1. The maximum absolute atomic E-state index is 13.0. The van der Waals surface area contributed by atoms with Crippen molar-refractivity contribution < 1.29 is 23.9 Å². The molecule has 0 aromatic heterocycles. The second-order valence-electron chi connectivity index (χ2n) is 8.23. The van der Waals surface area contributed by atoms with E-state index in [1.54, 1.807) is 48.3 Å². The zero-order chi connectivity index (χ0) is 23.4. The molecule has 1 N–H and O–H groups in total. The molecule has 2 aromatic carbocycles. The summed E-state index contributed by atoms with van der Waals surface area (Å²) >= 11 is 0. The largest absolute Gasteiger partial charge is 0.497 e. The van der Waals surface area contributed by atoms with Crippen LogP contribution in [0.2, 0.25) is 0 Å². The Morgan fingerprint density at radius 3 is 2.48 bits per heavy atom. The second-order valence-corrected chi connectivity index (χ2v) is 8.23. The monoisotopic (exact) mass is 451 g/mol. The molecular weight excluding hydrogens is 422 g/mol. The molecule has 0 saturated carbocycles. The summed E-state index contributed by atoms with van der Waals surface area (Å²) in [6, 6.07) is 12.3. The minimum atomic E-state index is -0.322. The van der Waals surface area contributed by atoms with Gasteiger partial charge < -0.3 is 24.6 Å².